The summed E-state index contributed by atoms with van der Waals surface area (Å²) in [5.41, 5.74) is 4.65. The van der Waals surface area contributed by atoms with Crippen LogP contribution in [0.1, 0.15) is 42.3 Å². The standard InChI is InChI=1S/C22H29N3O3/c1-2-28-18-7-5-16(6-8-18)13-22(26)23-11-9-20-19-15-27-12-10-21(19)25(24-20)14-17-3-4-17/h5-8,17H,2-4,9-15H2,1H3,(H,23,26). The van der Waals surface area contributed by atoms with Crippen molar-refractivity contribution in [2.24, 2.45) is 5.92 Å². The van der Waals surface area contributed by atoms with Gasteiger partial charge in [-0.3, -0.25) is 9.48 Å². The van der Waals surface area contributed by atoms with Crippen LogP contribution in [0.15, 0.2) is 24.3 Å². The molecule has 2 heterocycles. The van der Waals surface area contributed by atoms with Gasteiger partial charge in [-0.15, -0.1) is 0 Å². The van der Waals surface area contributed by atoms with Crippen molar-refractivity contribution in [1.82, 2.24) is 15.1 Å². The van der Waals surface area contributed by atoms with E-state index in [4.69, 9.17) is 14.6 Å². The molecule has 1 aliphatic heterocycles. The Bertz CT molecular complexity index is 809. The molecule has 150 valence electrons. The number of aromatic nitrogens is 2. The molecule has 1 aliphatic carbocycles. The van der Waals surface area contributed by atoms with Gasteiger partial charge in [0.2, 0.25) is 5.91 Å². The predicted octanol–water partition coefficient (Wildman–Crippen LogP) is 2.67. The molecule has 1 saturated carbocycles. The Balaban J connectivity index is 1.29. The van der Waals surface area contributed by atoms with Crippen LogP contribution in [0.2, 0.25) is 0 Å². The summed E-state index contributed by atoms with van der Waals surface area (Å²) in [5.74, 6) is 1.67. The lowest BCUT2D eigenvalue weighted by atomic mass is 10.1. The van der Waals surface area contributed by atoms with E-state index in [1.165, 1.54) is 24.1 Å². The van der Waals surface area contributed by atoms with Gasteiger partial charge in [0.25, 0.3) is 0 Å². The van der Waals surface area contributed by atoms with Gasteiger partial charge in [0, 0.05) is 37.2 Å². The quantitative estimate of drug-likeness (QED) is 0.723. The molecular weight excluding hydrogens is 354 g/mol. The third kappa shape index (κ3) is 4.73. The van der Waals surface area contributed by atoms with Gasteiger partial charge in [-0.2, -0.15) is 5.10 Å². The first-order chi connectivity index (χ1) is 13.7. The number of nitrogens with one attached hydrogen (secondary N) is 1. The second kappa shape index (κ2) is 8.78. The zero-order valence-corrected chi connectivity index (χ0v) is 16.6. The summed E-state index contributed by atoms with van der Waals surface area (Å²) in [5, 5.41) is 7.88. The SMILES string of the molecule is CCOc1ccc(CC(=O)NCCc2nn(CC3CC3)c3c2COCC3)cc1. The van der Waals surface area contributed by atoms with Gasteiger partial charge in [-0.1, -0.05) is 12.1 Å². The van der Waals surface area contributed by atoms with Crippen molar-refractivity contribution in [3.8, 4) is 5.75 Å². The van der Waals surface area contributed by atoms with Gasteiger partial charge in [0.05, 0.1) is 31.9 Å². The summed E-state index contributed by atoms with van der Waals surface area (Å²) in [6.45, 7) is 5.66. The molecule has 2 aliphatic rings. The minimum atomic E-state index is 0.0340. The monoisotopic (exact) mass is 383 g/mol. The van der Waals surface area contributed by atoms with Crippen molar-refractivity contribution >= 4 is 5.91 Å². The number of benzene rings is 1. The maximum absolute atomic E-state index is 12.3. The van der Waals surface area contributed by atoms with E-state index >= 15 is 0 Å². The third-order valence-corrected chi connectivity index (χ3v) is 5.39. The van der Waals surface area contributed by atoms with Gasteiger partial charge in [0.1, 0.15) is 5.75 Å². The second-order valence-electron chi connectivity index (χ2n) is 7.65. The fourth-order valence-corrected chi connectivity index (χ4v) is 3.71. The number of hydrogen-bond acceptors (Lipinski definition) is 4. The molecule has 0 atom stereocenters. The number of amides is 1. The molecule has 0 saturated heterocycles. The van der Waals surface area contributed by atoms with Crippen LogP contribution in [0, 0.1) is 5.92 Å². The molecule has 2 aromatic rings. The largest absolute Gasteiger partial charge is 0.494 e. The fraction of sp³-hybridized carbons (Fsp3) is 0.545. The number of nitrogens with zero attached hydrogens (tertiary/aromatic N) is 2. The highest BCUT2D eigenvalue weighted by Gasteiger charge is 2.27. The van der Waals surface area contributed by atoms with Gasteiger partial charge < -0.3 is 14.8 Å². The van der Waals surface area contributed by atoms with E-state index < -0.39 is 0 Å². The average Bonchev–Trinajstić information content (AvgIpc) is 3.46. The maximum Gasteiger partial charge on any atom is 0.224 e. The lowest BCUT2D eigenvalue weighted by molar-refractivity contribution is -0.120. The van der Waals surface area contributed by atoms with Crippen LogP contribution in [0.25, 0.3) is 0 Å². The average molecular weight is 383 g/mol. The Labute approximate surface area is 166 Å². The van der Waals surface area contributed by atoms with Crippen molar-refractivity contribution in [3.05, 3.63) is 46.8 Å². The maximum atomic E-state index is 12.3. The molecule has 0 radical (unpaired) electrons. The van der Waals surface area contributed by atoms with Crippen molar-refractivity contribution in [2.75, 3.05) is 19.8 Å². The van der Waals surface area contributed by atoms with Crippen LogP contribution in [-0.4, -0.2) is 35.4 Å². The summed E-state index contributed by atoms with van der Waals surface area (Å²) < 4.78 is 13.3. The van der Waals surface area contributed by atoms with Crippen molar-refractivity contribution in [3.63, 3.8) is 0 Å². The van der Waals surface area contributed by atoms with Crippen molar-refractivity contribution in [2.45, 2.75) is 52.2 Å². The number of carbonyl (C=O) groups excluding carboxylic acids is 1. The van der Waals surface area contributed by atoms with E-state index in [-0.39, 0.29) is 5.91 Å². The Morgan fingerprint density at radius 1 is 1.32 bits per heavy atom. The van der Waals surface area contributed by atoms with E-state index in [1.807, 2.05) is 31.2 Å². The highest BCUT2D eigenvalue weighted by atomic mass is 16.5. The second-order valence-corrected chi connectivity index (χ2v) is 7.65. The van der Waals surface area contributed by atoms with Crippen LogP contribution < -0.4 is 10.1 Å². The number of hydrogen-bond donors (Lipinski definition) is 1. The first kappa shape index (κ1) is 19.0. The van der Waals surface area contributed by atoms with Crippen molar-refractivity contribution in [1.29, 1.82) is 0 Å². The van der Waals surface area contributed by atoms with Crippen molar-refractivity contribution < 1.29 is 14.3 Å². The van der Waals surface area contributed by atoms with Crippen LogP contribution >= 0.6 is 0 Å². The minimum absolute atomic E-state index is 0.0340. The normalized spacial score (nSPS) is 15.9. The van der Waals surface area contributed by atoms with E-state index in [2.05, 4.69) is 10.00 Å². The van der Waals surface area contributed by atoms with Gasteiger partial charge in [-0.25, -0.2) is 0 Å². The molecular formula is C22H29N3O3. The molecule has 1 fully saturated rings. The molecule has 6 nitrogen and oxygen atoms in total. The van der Waals surface area contributed by atoms with Crippen LogP contribution in [0.3, 0.4) is 0 Å². The summed E-state index contributed by atoms with van der Waals surface area (Å²) >= 11 is 0. The van der Waals surface area contributed by atoms with Crippen LogP contribution in [0.5, 0.6) is 5.75 Å². The molecule has 0 spiro atoms. The Hall–Kier alpha value is -2.34. The zero-order valence-electron chi connectivity index (χ0n) is 16.6. The molecule has 1 aromatic carbocycles. The van der Waals surface area contributed by atoms with Gasteiger partial charge in [-0.05, 0) is 43.4 Å². The highest BCUT2D eigenvalue weighted by Crippen LogP contribution is 2.32. The van der Waals surface area contributed by atoms with Crippen LogP contribution in [-0.2, 0) is 41.9 Å². The molecule has 4 rings (SSSR count). The van der Waals surface area contributed by atoms with Gasteiger partial charge in [0.15, 0.2) is 0 Å². The Morgan fingerprint density at radius 3 is 2.89 bits per heavy atom. The molecule has 0 unspecified atom stereocenters. The van der Waals surface area contributed by atoms with Crippen LogP contribution in [0.4, 0.5) is 0 Å². The smallest absolute Gasteiger partial charge is 0.224 e. The molecule has 1 aromatic heterocycles. The van der Waals surface area contributed by atoms with E-state index in [0.717, 1.165) is 48.9 Å². The summed E-state index contributed by atoms with van der Waals surface area (Å²) in [6.07, 6.45) is 4.71. The number of carbonyl (C=O) groups is 1. The number of rotatable bonds is 9. The van der Waals surface area contributed by atoms with E-state index in [9.17, 15) is 4.79 Å². The highest BCUT2D eigenvalue weighted by molar-refractivity contribution is 5.78. The Kier molecular flexibility index (Phi) is 5.95. The Morgan fingerprint density at radius 2 is 2.14 bits per heavy atom. The van der Waals surface area contributed by atoms with E-state index in [1.54, 1.807) is 0 Å². The first-order valence-corrected chi connectivity index (χ1v) is 10.4. The predicted molar refractivity (Wildman–Crippen MR) is 106 cm³/mol. The summed E-state index contributed by atoms with van der Waals surface area (Å²) in [7, 11) is 0. The molecule has 6 heteroatoms. The van der Waals surface area contributed by atoms with E-state index in [0.29, 0.717) is 26.2 Å². The topological polar surface area (TPSA) is 65.4 Å². The zero-order chi connectivity index (χ0) is 19.3. The fourth-order valence-electron chi connectivity index (χ4n) is 3.71. The molecule has 28 heavy (non-hydrogen) atoms. The molecule has 0 bridgehead atoms. The summed E-state index contributed by atoms with van der Waals surface area (Å²) in [4.78, 5) is 12.3. The third-order valence-electron chi connectivity index (χ3n) is 5.39. The molecule has 1 N–H and O–H groups in total. The number of ether oxygens (including phenoxy) is 2. The molecule has 1 amide bonds. The van der Waals surface area contributed by atoms with Gasteiger partial charge >= 0.3 is 0 Å². The minimum Gasteiger partial charge on any atom is -0.494 e. The summed E-state index contributed by atoms with van der Waals surface area (Å²) in [6, 6.07) is 7.70. The first-order valence-electron chi connectivity index (χ1n) is 10.4. The lowest BCUT2D eigenvalue weighted by Crippen LogP contribution is -2.27. The lowest BCUT2D eigenvalue weighted by Gasteiger charge is -2.15. The number of fused-ring (bicyclic) bond motifs is 1.